The molecule has 1 aromatic rings. The van der Waals surface area contributed by atoms with Gasteiger partial charge in [-0.1, -0.05) is 0 Å². The van der Waals surface area contributed by atoms with Crippen molar-refractivity contribution in [2.45, 2.75) is 26.3 Å². The maximum absolute atomic E-state index is 13.0. The minimum atomic E-state index is -4.62. The van der Waals surface area contributed by atoms with Crippen molar-refractivity contribution in [1.82, 2.24) is 0 Å². The smallest absolute Gasteiger partial charge is 0.419 e. The summed E-state index contributed by atoms with van der Waals surface area (Å²) < 4.78 is 66.5. The van der Waals surface area contributed by atoms with Gasteiger partial charge in [0.25, 0.3) is 0 Å². The van der Waals surface area contributed by atoms with Crippen molar-refractivity contribution in [1.29, 1.82) is 0 Å². The molecule has 0 amide bonds. The van der Waals surface area contributed by atoms with Crippen LogP contribution in [0.2, 0.25) is 0 Å². The largest absolute Gasteiger partial charge is 0.488 e. The summed E-state index contributed by atoms with van der Waals surface area (Å²) in [5.41, 5.74) is -1.04. The summed E-state index contributed by atoms with van der Waals surface area (Å²) in [5.74, 6) is -1.39. The van der Waals surface area contributed by atoms with Gasteiger partial charge in [-0.15, -0.1) is 0 Å². The van der Waals surface area contributed by atoms with Crippen LogP contribution in [0.25, 0.3) is 0 Å². The first-order chi connectivity index (χ1) is 9.38. The monoisotopic (exact) mass is 296 g/mol. The summed E-state index contributed by atoms with van der Waals surface area (Å²) in [5, 5.41) is 0. The Morgan fingerprint density at radius 2 is 1.70 bits per heavy atom. The minimum absolute atomic E-state index is 0.256. The first-order valence-electron chi connectivity index (χ1n) is 6.11. The van der Waals surface area contributed by atoms with Gasteiger partial charge in [0, 0.05) is 19.3 Å². The first kappa shape index (κ1) is 16.7. The Labute approximate surface area is 114 Å². The third kappa shape index (κ3) is 4.97. The molecule has 7 heteroatoms. The van der Waals surface area contributed by atoms with Gasteiger partial charge >= 0.3 is 6.18 Å². The minimum Gasteiger partial charge on any atom is -0.488 e. The molecule has 0 N–H and O–H groups in total. The van der Waals surface area contributed by atoms with E-state index in [0.717, 1.165) is 6.07 Å². The molecule has 0 aliphatic carbocycles. The SMILES string of the molecule is CCOC(COc1cc(F)ccc1C(F)(F)F)OCC. The van der Waals surface area contributed by atoms with E-state index in [4.69, 9.17) is 14.2 Å². The van der Waals surface area contributed by atoms with Crippen LogP contribution < -0.4 is 4.74 Å². The van der Waals surface area contributed by atoms with Gasteiger partial charge in [0.15, 0.2) is 6.29 Å². The van der Waals surface area contributed by atoms with E-state index in [2.05, 4.69) is 0 Å². The molecule has 0 saturated heterocycles. The second-order valence-corrected chi connectivity index (χ2v) is 3.79. The summed E-state index contributed by atoms with van der Waals surface area (Å²) in [6, 6.07) is 2.07. The lowest BCUT2D eigenvalue weighted by Gasteiger charge is -2.19. The molecule has 0 fully saturated rings. The van der Waals surface area contributed by atoms with Crippen LogP contribution in [-0.2, 0) is 15.7 Å². The zero-order valence-corrected chi connectivity index (χ0v) is 11.2. The molecule has 114 valence electrons. The van der Waals surface area contributed by atoms with Crippen molar-refractivity contribution in [3.63, 3.8) is 0 Å². The molecule has 0 aliphatic heterocycles. The quantitative estimate of drug-likeness (QED) is 0.568. The molecule has 0 radical (unpaired) electrons. The van der Waals surface area contributed by atoms with Crippen molar-refractivity contribution in [3.05, 3.63) is 29.6 Å². The van der Waals surface area contributed by atoms with Crippen LogP contribution in [0, 0.1) is 5.82 Å². The Hall–Kier alpha value is -1.34. The highest BCUT2D eigenvalue weighted by molar-refractivity contribution is 5.36. The Balaban J connectivity index is 2.82. The summed E-state index contributed by atoms with van der Waals surface area (Å²) >= 11 is 0. The second kappa shape index (κ2) is 7.44. The summed E-state index contributed by atoms with van der Waals surface area (Å²) in [6.45, 7) is 3.82. The average molecular weight is 296 g/mol. The van der Waals surface area contributed by atoms with Crippen molar-refractivity contribution >= 4 is 0 Å². The Morgan fingerprint density at radius 1 is 1.10 bits per heavy atom. The van der Waals surface area contributed by atoms with Gasteiger partial charge in [-0.2, -0.15) is 13.2 Å². The van der Waals surface area contributed by atoms with Gasteiger partial charge in [0.1, 0.15) is 18.2 Å². The van der Waals surface area contributed by atoms with Gasteiger partial charge in [-0.25, -0.2) is 4.39 Å². The number of rotatable bonds is 7. The number of halogens is 4. The van der Waals surface area contributed by atoms with Gasteiger partial charge in [0.2, 0.25) is 0 Å². The van der Waals surface area contributed by atoms with Crippen molar-refractivity contribution in [2.24, 2.45) is 0 Å². The summed E-state index contributed by atoms with van der Waals surface area (Å²) in [6.07, 6.45) is -5.41. The molecule has 0 saturated carbocycles. The molecule has 0 aliphatic rings. The number of hydrogen-bond donors (Lipinski definition) is 0. The lowest BCUT2D eigenvalue weighted by atomic mass is 10.2. The lowest BCUT2D eigenvalue weighted by Crippen LogP contribution is -2.26. The first-order valence-corrected chi connectivity index (χ1v) is 6.11. The molecule has 20 heavy (non-hydrogen) atoms. The molecule has 0 unspecified atom stereocenters. The van der Waals surface area contributed by atoms with Gasteiger partial charge in [-0.3, -0.25) is 0 Å². The van der Waals surface area contributed by atoms with Gasteiger partial charge < -0.3 is 14.2 Å². The van der Waals surface area contributed by atoms with Crippen molar-refractivity contribution in [2.75, 3.05) is 19.8 Å². The Kier molecular flexibility index (Phi) is 6.22. The standard InChI is InChI=1S/C13H16F4O3/c1-3-18-12(19-4-2)8-20-11-7-9(14)5-6-10(11)13(15,16)17/h5-7,12H,3-4,8H2,1-2H3. The van der Waals surface area contributed by atoms with E-state index in [9.17, 15) is 17.6 Å². The van der Waals surface area contributed by atoms with Crippen LogP contribution in [0.15, 0.2) is 18.2 Å². The Bertz CT molecular complexity index is 415. The van der Waals surface area contributed by atoms with Crippen LogP contribution in [-0.4, -0.2) is 26.1 Å². The fraction of sp³-hybridized carbons (Fsp3) is 0.538. The maximum Gasteiger partial charge on any atom is 0.419 e. The van der Waals surface area contributed by atoms with Crippen LogP contribution in [0.5, 0.6) is 5.75 Å². The zero-order chi connectivity index (χ0) is 15.2. The van der Waals surface area contributed by atoms with E-state index in [-0.39, 0.29) is 6.61 Å². The van der Waals surface area contributed by atoms with E-state index in [1.54, 1.807) is 13.8 Å². The van der Waals surface area contributed by atoms with Crippen molar-refractivity contribution < 1.29 is 31.8 Å². The molecule has 0 heterocycles. The number of ether oxygens (including phenoxy) is 3. The maximum atomic E-state index is 13.0. The summed E-state index contributed by atoms with van der Waals surface area (Å²) in [4.78, 5) is 0. The average Bonchev–Trinajstić information content (AvgIpc) is 2.35. The highest BCUT2D eigenvalue weighted by atomic mass is 19.4. The molecule has 1 rings (SSSR count). The predicted molar refractivity (Wildman–Crippen MR) is 63.9 cm³/mol. The molecule has 0 bridgehead atoms. The van der Waals surface area contributed by atoms with Crippen LogP contribution in [0.1, 0.15) is 19.4 Å². The third-order valence-corrected chi connectivity index (χ3v) is 2.33. The molecule has 1 aromatic carbocycles. The van der Waals surface area contributed by atoms with Crippen LogP contribution in [0.4, 0.5) is 17.6 Å². The normalized spacial score (nSPS) is 11.9. The third-order valence-electron chi connectivity index (χ3n) is 2.33. The van der Waals surface area contributed by atoms with Gasteiger partial charge in [0.05, 0.1) is 5.56 Å². The fourth-order valence-electron chi connectivity index (χ4n) is 1.52. The van der Waals surface area contributed by atoms with Gasteiger partial charge in [-0.05, 0) is 26.0 Å². The van der Waals surface area contributed by atoms with E-state index in [1.165, 1.54) is 0 Å². The summed E-state index contributed by atoms with van der Waals surface area (Å²) in [7, 11) is 0. The van der Waals surface area contributed by atoms with E-state index >= 15 is 0 Å². The molecule has 3 nitrogen and oxygen atoms in total. The number of alkyl halides is 3. The number of benzene rings is 1. The second-order valence-electron chi connectivity index (χ2n) is 3.79. The van der Waals surface area contributed by atoms with Crippen molar-refractivity contribution in [3.8, 4) is 5.75 Å². The lowest BCUT2D eigenvalue weighted by molar-refractivity contribution is -0.156. The topological polar surface area (TPSA) is 27.7 Å². The zero-order valence-electron chi connectivity index (χ0n) is 11.2. The molecule has 0 atom stereocenters. The van der Waals surface area contributed by atoms with E-state index in [1.807, 2.05) is 0 Å². The highest BCUT2D eigenvalue weighted by Crippen LogP contribution is 2.36. The molecule has 0 spiro atoms. The van der Waals surface area contributed by atoms with Crippen LogP contribution >= 0.6 is 0 Å². The fourth-order valence-corrected chi connectivity index (χ4v) is 1.52. The molecular formula is C13H16F4O3. The predicted octanol–water partition coefficient (Wildman–Crippen LogP) is 3.62. The Morgan fingerprint density at radius 3 is 2.20 bits per heavy atom. The highest BCUT2D eigenvalue weighted by Gasteiger charge is 2.34. The van der Waals surface area contributed by atoms with Crippen LogP contribution in [0.3, 0.4) is 0 Å². The van der Waals surface area contributed by atoms with E-state index in [0.29, 0.717) is 25.3 Å². The molecule has 0 aromatic heterocycles. The molecular weight excluding hydrogens is 280 g/mol. The number of hydrogen-bond acceptors (Lipinski definition) is 3. The van der Waals surface area contributed by atoms with E-state index < -0.39 is 29.6 Å².